The van der Waals surface area contributed by atoms with Gasteiger partial charge in [-0.3, -0.25) is 0 Å². The van der Waals surface area contributed by atoms with Crippen LogP contribution in [0.2, 0.25) is 0 Å². The van der Waals surface area contributed by atoms with Crippen molar-refractivity contribution in [1.82, 2.24) is 10.2 Å². The third-order valence-electron chi connectivity index (χ3n) is 3.25. The molecule has 0 aliphatic rings. The summed E-state index contributed by atoms with van der Waals surface area (Å²) in [5, 5.41) is 17.3. The molecule has 0 aliphatic heterocycles. The van der Waals surface area contributed by atoms with Gasteiger partial charge < -0.3 is 9.15 Å². The minimum atomic E-state index is 0.244. The maximum Gasteiger partial charge on any atom is 0.277 e. The Morgan fingerprint density at radius 3 is 2.75 bits per heavy atom. The fourth-order valence-corrected chi connectivity index (χ4v) is 2.76. The number of rotatable bonds is 6. The minimum Gasteiger partial charge on any atom is -0.484 e. The molecule has 0 N–H and O–H groups in total. The highest BCUT2D eigenvalue weighted by molar-refractivity contribution is 7.98. The number of nitriles is 1. The van der Waals surface area contributed by atoms with Crippen molar-refractivity contribution < 1.29 is 9.15 Å². The van der Waals surface area contributed by atoms with E-state index in [1.807, 2.05) is 43.3 Å². The molecule has 3 rings (SSSR count). The van der Waals surface area contributed by atoms with Crippen LogP contribution in [-0.4, -0.2) is 10.2 Å². The highest BCUT2D eigenvalue weighted by atomic mass is 32.2. The van der Waals surface area contributed by atoms with Crippen LogP contribution >= 0.6 is 11.8 Å². The van der Waals surface area contributed by atoms with Crippen LogP contribution in [0.25, 0.3) is 0 Å². The molecule has 0 radical (unpaired) electrons. The van der Waals surface area contributed by atoms with Crippen molar-refractivity contribution in [2.75, 3.05) is 0 Å². The summed E-state index contributed by atoms with van der Waals surface area (Å²) in [6, 6.07) is 17.3. The summed E-state index contributed by atoms with van der Waals surface area (Å²) in [6.45, 7) is 2.26. The van der Waals surface area contributed by atoms with E-state index in [2.05, 4.69) is 16.3 Å². The molecule has 1 aromatic heterocycles. The molecule has 0 bridgehead atoms. The molecular weight excluding hydrogens is 322 g/mol. The summed E-state index contributed by atoms with van der Waals surface area (Å²) in [5.41, 5.74) is 2.88. The Hall–Kier alpha value is -2.78. The van der Waals surface area contributed by atoms with Gasteiger partial charge in [0, 0.05) is 5.75 Å². The van der Waals surface area contributed by atoms with Crippen molar-refractivity contribution in [3.63, 3.8) is 0 Å². The molecule has 3 aromatic rings. The normalized spacial score (nSPS) is 10.3. The van der Waals surface area contributed by atoms with Gasteiger partial charge in [-0.15, -0.1) is 10.2 Å². The standard InChI is InChI=1S/C18H15N3O2S/c1-13-3-2-4-16(9-13)22-11-17-20-21-18(23-17)24-12-15-7-5-14(10-19)6-8-15/h2-9H,11-12H2,1H3. The number of nitrogens with zero attached hydrogens (tertiary/aromatic N) is 3. The first kappa shape index (κ1) is 16.1. The van der Waals surface area contributed by atoms with Crippen molar-refractivity contribution >= 4 is 11.8 Å². The van der Waals surface area contributed by atoms with Crippen LogP contribution < -0.4 is 4.74 Å². The molecule has 5 nitrogen and oxygen atoms in total. The summed E-state index contributed by atoms with van der Waals surface area (Å²) in [5.74, 6) is 1.92. The Morgan fingerprint density at radius 1 is 1.17 bits per heavy atom. The van der Waals surface area contributed by atoms with Crippen molar-refractivity contribution in [2.24, 2.45) is 0 Å². The quantitative estimate of drug-likeness (QED) is 0.630. The predicted octanol–water partition coefficient (Wildman–Crippen LogP) is 4.12. The molecular formula is C18H15N3O2S. The van der Waals surface area contributed by atoms with Crippen LogP contribution in [0.15, 0.2) is 58.2 Å². The average Bonchev–Trinajstić information content (AvgIpc) is 3.07. The lowest BCUT2D eigenvalue weighted by Gasteiger charge is -2.03. The molecule has 0 atom stereocenters. The summed E-state index contributed by atoms with van der Waals surface area (Å²) < 4.78 is 11.2. The van der Waals surface area contributed by atoms with Gasteiger partial charge in [0.25, 0.3) is 11.1 Å². The van der Waals surface area contributed by atoms with Crippen LogP contribution in [0.5, 0.6) is 5.75 Å². The fourth-order valence-electron chi connectivity index (χ4n) is 2.03. The number of hydrogen-bond acceptors (Lipinski definition) is 6. The zero-order valence-electron chi connectivity index (χ0n) is 13.1. The van der Waals surface area contributed by atoms with Gasteiger partial charge in [0.2, 0.25) is 0 Å². The Labute approximate surface area is 144 Å². The van der Waals surface area contributed by atoms with Crippen molar-refractivity contribution in [3.05, 3.63) is 71.1 Å². The van der Waals surface area contributed by atoms with E-state index in [4.69, 9.17) is 14.4 Å². The number of aromatic nitrogens is 2. The molecule has 0 fully saturated rings. The number of thioether (sulfide) groups is 1. The van der Waals surface area contributed by atoms with Crippen LogP contribution in [0.3, 0.4) is 0 Å². The molecule has 6 heteroatoms. The SMILES string of the molecule is Cc1cccc(OCc2nnc(SCc3ccc(C#N)cc3)o2)c1. The number of hydrogen-bond donors (Lipinski definition) is 0. The lowest BCUT2D eigenvalue weighted by molar-refractivity contribution is 0.252. The van der Waals surface area contributed by atoms with E-state index in [0.717, 1.165) is 16.9 Å². The topological polar surface area (TPSA) is 71.9 Å². The highest BCUT2D eigenvalue weighted by Gasteiger charge is 2.08. The molecule has 0 unspecified atom stereocenters. The molecule has 120 valence electrons. The fraction of sp³-hybridized carbons (Fsp3) is 0.167. The van der Waals surface area contributed by atoms with E-state index in [-0.39, 0.29) is 6.61 Å². The first-order chi connectivity index (χ1) is 11.7. The van der Waals surface area contributed by atoms with E-state index in [0.29, 0.717) is 22.4 Å². The number of ether oxygens (including phenoxy) is 1. The molecule has 0 aliphatic carbocycles. The van der Waals surface area contributed by atoms with Crippen LogP contribution in [0.1, 0.15) is 22.6 Å². The van der Waals surface area contributed by atoms with E-state index < -0.39 is 0 Å². The molecule has 0 saturated carbocycles. The van der Waals surface area contributed by atoms with E-state index >= 15 is 0 Å². The Morgan fingerprint density at radius 2 is 2.00 bits per heavy atom. The molecule has 24 heavy (non-hydrogen) atoms. The Kier molecular flexibility index (Phi) is 5.14. The van der Waals surface area contributed by atoms with Gasteiger partial charge in [0.15, 0.2) is 6.61 Å². The molecule has 0 amide bonds. The third-order valence-corrected chi connectivity index (χ3v) is 4.14. The maximum absolute atomic E-state index is 8.79. The van der Waals surface area contributed by atoms with E-state index in [9.17, 15) is 0 Å². The average molecular weight is 337 g/mol. The largest absolute Gasteiger partial charge is 0.484 e. The van der Waals surface area contributed by atoms with Gasteiger partial charge in [-0.05, 0) is 42.3 Å². The number of aryl methyl sites for hydroxylation is 1. The Bertz CT molecular complexity index is 853. The number of benzene rings is 2. The Balaban J connectivity index is 1.52. The molecule has 0 saturated heterocycles. The summed E-state index contributed by atoms with van der Waals surface area (Å²) in [6.07, 6.45) is 0. The second-order valence-electron chi connectivity index (χ2n) is 5.16. The smallest absolute Gasteiger partial charge is 0.277 e. The van der Waals surface area contributed by atoms with E-state index in [1.54, 1.807) is 12.1 Å². The first-order valence-electron chi connectivity index (χ1n) is 7.36. The van der Waals surface area contributed by atoms with Crippen LogP contribution in [0, 0.1) is 18.3 Å². The van der Waals surface area contributed by atoms with Crippen molar-refractivity contribution in [2.45, 2.75) is 24.5 Å². The van der Waals surface area contributed by atoms with E-state index in [1.165, 1.54) is 11.8 Å². The molecule has 2 aromatic carbocycles. The van der Waals surface area contributed by atoms with Crippen molar-refractivity contribution in [1.29, 1.82) is 5.26 Å². The van der Waals surface area contributed by atoms with Gasteiger partial charge in [0.1, 0.15) is 5.75 Å². The second kappa shape index (κ2) is 7.66. The van der Waals surface area contributed by atoms with Gasteiger partial charge in [-0.2, -0.15) is 5.26 Å². The first-order valence-corrected chi connectivity index (χ1v) is 8.35. The van der Waals surface area contributed by atoms with Crippen LogP contribution in [-0.2, 0) is 12.4 Å². The van der Waals surface area contributed by atoms with Crippen molar-refractivity contribution in [3.8, 4) is 11.8 Å². The molecule has 1 heterocycles. The van der Waals surface area contributed by atoms with Gasteiger partial charge >= 0.3 is 0 Å². The van der Waals surface area contributed by atoms with Gasteiger partial charge in [-0.25, -0.2) is 0 Å². The summed E-state index contributed by atoms with van der Waals surface area (Å²) >= 11 is 1.45. The van der Waals surface area contributed by atoms with Crippen LogP contribution in [0.4, 0.5) is 0 Å². The predicted molar refractivity (Wildman–Crippen MR) is 90.5 cm³/mol. The molecule has 0 spiro atoms. The zero-order chi connectivity index (χ0) is 16.8. The lowest BCUT2D eigenvalue weighted by atomic mass is 10.2. The van der Waals surface area contributed by atoms with Gasteiger partial charge in [-0.1, -0.05) is 36.0 Å². The lowest BCUT2D eigenvalue weighted by Crippen LogP contribution is -1.95. The maximum atomic E-state index is 8.79. The summed E-state index contributed by atoms with van der Waals surface area (Å²) in [7, 11) is 0. The summed E-state index contributed by atoms with van der Waals surface area (Å²) in [4.78, 5) is 0. The monoisotopic (exact) mass is 337 g/mol. The van der Waals surface area contributed by atoms with Gasteiger partial charge in [0.05, 0.1) is 11.6 Å². The highest BCUT2D eigenvalue weighted by Crippen LogP contribution is 2.22. The second-order valence-corrected chi connectivity index (χ2v) is 6.09. The third kappa shape index (κ3) is 4.37. The minimum absolute atomic E-state index is 0.244. The zero-order valence-corrected chi connectivity index (χ0v) is 13.9.